The number of pyridine rings is 1. The van der Waals surface area contributed by atoms with Crippen molar-refractivity contribution >= 4 is 27.9 Å². The minimum atomic E-state index is 0.256. The molecule has 0 radical (unpaired) electrons. The Morgan fingerprint density at radius 2 is 1.94 bits per heavy atom. The first-order valence-corrected chi connectivity index (χ1v) is 5.02. The molecule has 0 atom stereocenters. The second-order valence-corrected chi connectivity index (χ2v) is 3.83. The first kappa shape index (κ1) is 9.03. The Morgan fingerprint density at radius 3 is 2.81 bits per heavy atom. The number of nitrogens with zero attached hydrogens (tertiary/aromatic N) is 3. The molecule has 4 nitrogen and oxygen atoms in total. The molecule has 3 rings (SSSR count). The molecule has 1 aromatic carbocycles. The van der Waals surface area contributed by atoms with Gasteiger partial charge in [0.2, 0.25) is 5.95 Å². The van der Waals surface area contributed by atoms with Gasteiger partial charge >= 0.3 is 0 Å². The van der Waals surface area contributed by atoms with Crippen molar-refractivity contribution < 1.29 is 0 Å². The van der Waals surface area contributed by atoms with Crippen LogP contribution in [0.3, 0.4) is 0 Å². The first-order chi connectivity index (χ1) is 7.72. The highest BCUT2D eigenvalue weighted by Crippen LogP contribution is 2.19. The molecular formula is C12H10N4. The molecule has 0 aliphatic rings. The molecule has 3 aromatic rings. The SMILES string of the molecule is Cc1ccc2cc3cnc(N)nc3nc2c1. The Kier molecular flexibility index (Phi) is 1.77. The minimum Gasteiger partial charge on any atom is -0.368 e. The molecule has 0 bridgehead atoms. The van der Waals surface area contributed by atoms with Crippen molar-refractivity contribution in [3.63, 3.8) is 0 Å². The van der Waals surface area contributed by atoms with Crippen LogP contribution in [0.4, 0.5) is 5.95 Å². The zero-order chi connectivity index (χ0) is 11.1. The van der Waals surface area contributed by atoms with E-state index in [9.17, 15) is 0 Å². The van der Waals surface area contributed by atoms with Crippen LogP contribution in [0.2, 0.25) is 0 Å². The van der Waals surface area contributed by atoms with Crippen LogP contribution in [0.25, 0.3) is 21.9 Å². The van der Waals surface area contributed by atoms with Gasteiger partial charge in [-0.1, -0.05) is 12.1 Å². The van der Waals surface area contributed by atoms with Crippen LogP contribution in [-0.4, -0.2) is 15.0 Å². The fraction of sp³-hybridized carbons (Fsp3) is 0.0833. The molecule has 0 saturated heterocycles. The van der Waals surface area contributed by atoms with Crippen LogP contribution in [0.5, 0.6) is 0 Å². The lowest BCUT2D eigenvalue weighted by atomic mass is 10.1. The Bertz CT molecular complexity index is 634. The summed E-state index contributed by atoms with van der Waals surface area (Å²) in [6.07, 6.45) is 1.70. The van der Waals surface area contributed by atoms with Crippen LogP contribution in [0, 0.1) is 6.92 Å². The van der Waals surface area contributed by atoms with Gasteiger partial charge in [-0.15, -0.1) is 0 Å². The summed E-state index contributed by atoms with van der Waals surface area (Å²) in [6.45, 7) is 2.04. The second-order valence-electron chi connectivity index (χ2n) is 3.83. The van der Waals surface area contributed by atoms with Crippen molar-refractivity contribution in [2.45, 2.75) is 6.92 Å². The van der Waals surface area contributed by atoms with Gasteiger partial charge < -0.3 is 5.73 Å². The van der Waals surface area contributed by atoms with Gasteiger partial charge in [0.05, 0.1) is 5.52 Å². The van der Waals surface area contributed by atoms with E-state index in [4.69, 9.17) is 5.73 Å². The number of rotatable bonds is 0. The monoisotopic (exact) mass is 210 g/mol. The summed E-state index contributed by atoms with van der Waals surface area (Å²) >= 11 is 0. The zero-order valence-corrected chi connectivity index (χ0v) is 8.81. The van der Waals surface area contributed by atoms with Crippen molar-refractivity contribution in [2.24, 2.45) is 0 Å². The Morgan fingerprint density at radius 1 is 1.06 bits per heavy atom. The van der Waals surface area contributed by atoms with Crippen molar-refractivity contribution in [1.82, 2.24) is 15.0 Å². The summed E-state index contributed by atoms with van der Waals surface area (Å²) in [6, 6.07) is 8.17. The zero-order valence-electron chi connectivity index (χ0n) is 8.81. The Balaban J connectivity index is 2.44. The number of nitrogen functional groups attached to an aromatic ring is 1. The molecule has 0 saturated carbocycles. The number of aromatic nitrogens is 3. The standard InChI is InChI=1S/C12H10N4/c1-7-2-3-8-5-9-6-14-12(13)16-11(9)15-10(8)4-7/h2-6H,1H3,(H2,13,14,15,16). The molecule has 0 aliphatic carbocycles. The first-order valence-electron chi connectivity index (χ1n) is 5.02. The van der Waals surface area contributed by atoms with Crippen molar-refractivity contribution in [1.29, 1.82) is 0 Å². The quantitative estimate of drug-likeness (QED) is 0.577. The van der Waals surface area contributed by atoms with E-state index in [-0.39, 0.29) is 5.95 Å². The molecule has 0 spiro atoms. The van der Waals surface area contributed by atoms with E-state index in [1.54, 1.807) is 6.20 Å². The number of anilines is 1. The highest BCUT2D eigenvalue weighted by atomic mass is 15.0. The molecule has 0 unspecified atom stereocenters. The van der Waals surface area contributed by atoms with Crippen molar-refractivity contribution in [2.75, 3.05) is 5.73 Å². The fourth-order valence-corrected chi connectivity index (χ4v) is 1.74. The van der Waals surface area contributed by atoms with Crippen LogP contribution < -0.4 is 5.73 Å². The molecule has 2 N–H and O–H groups in total. The number of benzene rings is 1. The Labute approximate surface area is 92.2 Å². The lowest BCUT2D eigenvalue weighted by molar-refractivity contribution is 1.21. The summed E-state index contributed by atoms with van der Waals surface area (Å²) in [7, 11) is 0. The largest absolute Gasteiger partial charge is 0.368 e. The molecule has 2 aromatic heterocycles. The van der Waals surface area contributed by atoms with E-state index < -0.39 is 0 Å². The number of hydrogen-bond acceptors (Lipinski definition) is 4. The smallest absolute Gasteiger partial charge is 0.222 e. The maximum atomic E-state index is 5.54. The molecule has 0 fully saturated rings. The molecule has 78 valence electrons. The molecule has 4 heteroatoms. The summed E-state index contributed by atoms with van der Waals surface area (Å²) in [5.74, 6) is 0.256. The second kappa shape index (κ2) is 3.13. The van der Waals surface area contributed by atoms with Gasteiger partial charge in [-0.25, -0.2) is 9.97 Å². The lowest BCUT2D eigenvalue weighted by Gasteiger charge is -2.02. The molecular weight excluding hydrogens is 200 g/mol. The molecule has 0 amide bonds. The summed E-state index contributed by atoms with van der Waals surface area (Å²) < 4.78 is 0. The van der Waals surface area contributed by atoms with Crippen LogP contribution in [0.15, 0.2) is 30.5 Å². The van der Waals surface area contributed by atoms with Crippen LogP contribution in [-0.2, 0) is 0 Å². The lowest BCUT2D eigenvalue weighted by Crippen LogP contribution is -1.95. The Hall–Kier alpha value is -2.23. The highest BCUT2D eigenvalue weighted by molar-refractivity contribution is 5.91. The number of hydrogen-bond donors (Lipinski definition) is 1. The van der Waals surface area contributed by atoms with Gasteiger partial charge in [-0.3, -0.25) is 0 Å². The average Bonchev–Trinajstić information content (AvgIpc) is 2.26. The number of fused-ring (bicyclic) bond motifs is 2. The summed E-state index contributed by atoms with van der Waals surface area (Å²) in [4.78, 5) is 12.5. The van der Waals surface area contributed by atoms with Gasteiger partial charge in [-0.05, 0) is 24.6 Å². The van der Waals surface area contributed by atoms with Gasteiger partial charge in [0.1, 0.15) is 0 Å². The van der Waals surface area contributed by atoms with Crippen molar-refractivity contribution in [3.8, 4) is 0 Å². The fourth-order valence-electron chi connectivity index (χ4n) is 1.74. The van der Waals surface area contributed by atoms with E-state index in [1.165, 1.54) is 5.56 Å². The van der Waals surface area contributed by atoms with Crippen LogP contribution >= 0.6 is 0 Å². The van der Waals surface area contributed by atoms with E-state index in [0.717, 1.165) is 16.3 Å². The van der Waals surface area contributed by atoms with E-state index in [0.29, 0.717) is 5.65 Å². The molecule has 0 aliphatic heterocycles. The molecule has 16 heavy (non-hydrogen) atoms. The normalized spacial score (nSPS) is 11.1. The minimum absolute atomic E-state index is 0.256. The van der Waals surface area contributed by atoms with Gasteiger partial charge in [-0.2, -0.15) is 4.98 Å². The van der Waals surface area contributed by atoms with Crippen molar-refractivity contribution in [3.05, 3.63) is 36.0 Å². The van der Waals surface area contributed by atoms with Crippen LogP contribution in [0.1, 0.15) is 5.56 Å². The van der Waals surface area contributed by atoms with E-state index in [2.05, 4.69) is 21.0 Å². The molecule has 2 heterocycles. The predicted molar refractivity (Wildman–Crippen MR) is 64.0 cm³/mol. The summed E-state index contributed by atoms with van der Waals surface area (Å²) in [5.41, 5.74) is 8.30. The maximum absolute atomic E-state index is 5.54. The van der Waals surface area contributed by atoms with Gasteiger partial charge in [0.15, 0.2) is 5.65 Å². The van der Waals surface area contributed by atoms with Gasteiger partial charge in [0, 0.05) is 17.0 Å². The summed E-state index contributed by atoms with van der Waals surface area (Å²) in [5, 5.41) is 2.00. The maximum Gasteiger partial charge on any atom is 0.222 e. The third kappa shape index (κ3) is 1.35. The predicted octanol–water partition coefficient (Wildman–Crippen LogP) is 2.07. The number of aryl methyl sites for hydroxylation is 1. The third-order valence-corrected chi connectivity index (χ3v) is 2.54. The van der Waals surface area contributed by atoms with E-state index in [1.807, 2.05) is 25.1 Å². The van der Waals surface area contributed by atoms with E-state index >= 15 is 0 Å². The average molecular weight is 210 g/mol. The third-order valence-electron chi connectivity index (χ3n) is 2.54. The number of nitrogens with two attached hydrogens (primary N) is 1. The highest BCUT2D eigenvalue weighted by Gasteiger charge is 2.02. The topological polar surface area (TPSA) is 64.7 Å². The van der Waals surface area contributed by atoms with Gasteiger partial charge in [0.25, 0.3) is 0 Å².